The summed E-state index contributed by atoms with van der Waals surface area (Å²) in [5.41, 5.74) is 7.25. The molecule has 216 valence electrons. The number of alkyl halides is 3. The number of carbonyl (C=O) groups is 3. The molecular formula is C31H38F3N3O3. The van der Waals surface area contributed by atoms with Crippen molar-refractivity contribution in [1.82, 2.24) is 10.2 Å². The Labute approximate surface area is 233 Å². The molecule has 9 heteroatoms. The van der Waals surface area contributed by atoms with Crippen molar-refractivity contribution in [3.8, 4) is 11.1 Å². The Morgan fingerprint density at radius 3 is 2.38 bits per heavy atom. The fourth-order valence-electron chi connectivity index (χ4n) is 5.62. The van der Waals surface area contributed by atoms with Gasteiger partial charge in [0.25, 0.3) is 0 Å². The molecule has 1 saturated carbocycles. The Balaban J connectivity index is 1.46. The molecule has 1 aliphatic heterocycles. The minimum atomic E-state index is -4.39. The van der Waals surface area contributed by atoms with Gasteiger partial charge in [-0.25, -0.2) is 0 Å². The van der Waals surface area contributed by atoms with Gasteiger partial charge in [-0.3, -0.25) is 14.4 Å². The van der Waals surface area contributed by atoms with Crippen LogP contribution < -0.4 is 11.1 Å². The average molecular weight is 558 g/mol. The first-order valence-corrected chi connectivity index (χ1v) is 14.2. The standard InChI is InChI=1S/C31H38F3N3O3/c1-2-6-25(28(35)38)26(18-20-10-11-20)29(39)36-27-9-3-4-16-37(30(27)40)19-21-7-5-8-23(17-21)22-12-14-24(15-13-22)31(32,33)34/h5,7-8,12-15,17,20,25-27H,2-4,6,9-11,16,18-19H2,1H3,(H2,35,38)(H,36,39)/t25?,26?,27-/m0/s1. The number of likely N-dealkylation sites (tertiary alicyclic amines) is 1. The molecule has 2 aromatic rings. The van der Waals surface area contributed by atoms with Crippen molar-refractivity contribution in [3.05, 3.63) is 59.7 Å². The zero-order valence-corrected chi connectivity index (χ0v) is 22.9. The maximum atomic E-state index is 13.6. The van der Waals surface area contributed by atoms with Crippen molar-refractivity contribution in [2.75, 3.05) is 6.54 Å². The molecule has 0 spiro atoms. The summed E-state index contributed by atoms with van der Waals surface area (Å²) >= 11 is 0. The summed E-state index contributed by atoms with van der Waals surface area (Å²) in [7, 11) is 0. The van der Waals surface area contributed by atoms with Gasteiger partial charge in [0.05, 0.1) is 5.56 Å². The van der Waals surface area contributed by atoms with E-state index in [1.165, 1.54) is 12.1 Å². The molecule has 2 aliphatic rings. The molecule has 0 radical (unpaired) electrons. The van der Waals surface area contributed by atoms with Gasteiger partial charge < -0.3 is 16.0 Å². The maximum Gasteiger partial charge on any atom is 0.416 e. The van der Waals surface area contributed by atoms with E-state index in [4.69, 9.17) is 5.73 Å². The number of halogens is 3. The second-order valence-electron chi connectivity index (χ2n) is 11.2. The lowest BCUT2D eigenvalue weighted by atomic mass is 9.83. The van der Waals surface area contributed by atoms with Crippen molar-refractivity contribution < 1.29 is 27.6 Å². The number of amides is 3. The van der Waals surface area contributed by atoms with Crippen LogP contribution in [0, 0.1) is 17.8 Å². The van der Waals surface area contributed by atoms with E-state index >= 15 is 0 Å². The fourth-order valence-corrected chi connectivity index (χ4v) is 5.62. The topological polar surface area (TPSA) is 92.5 Å². The van der Waals surface area contributed by atoms with E-state index in [9.17, 15) is 27.6 Å². The summed E-state index contributed by atoms with van der Waals surface area (Å²) in [6.07, 6.45) is 1.69. The Morgan fingerprint density at radius 2 is 1.75 bits per heavy atom. The SMILES string of the molecule is CCCC(C(N)=O)C(CC1CC1)C(=O)N[C@H]1CCCCN(Cc2cccc(-c3ccc(C(F)(F)F)cc3)c2)C1=O. The number of nitrogens with zero attached hydrogens (tertiary/aromatic N) is 1. The minimum absolute atomic E-state index is 0.165. The smallest absolute Gasteiger partial charge is 0.369 e. The van der Waals surface area contributed by atoms with Gasteiger partial charge >= 0.3 is 6.18 Å². The molecule has 3 N–H and O–H groups in total. The van der Waals surface area contributed by atoms with E-state index in [0.717, 1.165) is 55.4 Å². The van der Waals surface area contributed by atoms with Gasteiger partial charge in [0.15, 0.2) is 0 Å². The number of hydrogen-bond acceptors (Lipinski definition) is 3. The van der Waals surface area contributed by atoms with Gasteiger partial charge in [-0.1, -0.05) is 56.5 Å². The predicted octanol–water partition coefficient (Wildman–Crippen LogP) is 5.69. The van der Waals surface area contributed by atoms with E-state index in [0.29, 0.717) is 43.8 Å². The molecule has 40 heavy (non-hydrogen) atoms. The molecule has 3 amide bonds. The molecule has 0 aromatic heterocycles. The summed E-state index contributed by atoms with van der Waals surface area (Å²) in [5.74, 6) is -1.56. The van der Waals surface area contributed by atoms with Crippen LogP contribution in [0.25, 0.3) is 11.1 Å². The van der Waals surface area contributed by atoms with Gasteiger partial charge in [0, 0.05) is 24.9 Å². The Bertz CT molecular complexity index is 1190. The zero-order chi connectivity index (χ0) is 28.9. The molecule has 2 unspecified atom stereocenters. The molecule has 1 aliphatic carbocycles. The normalized spacial score (nSPS) is 19.6. The van der Waals surface area contributed by atoms with Gasteiger partial charge in [0.2, 0.25) is 17.7 Å². The first-order valence-electron chi connectivity index (χ1n) is 14.2. The lowest BCUT2D eigenvalue weighted by Crippen LogP contribution is -2.50. The summed E-state index contributed by atoms with van der Waals surface area (Å²) in [5, 5.41) is 2.98. The number of nitrogens with one attached hydrogen (secondary N) is 1. The molecule has 2 fully saturated rings. The van der Waals surface area contributed by atoms with Crippen LogP contribution in [-0.2, 0) is 27.1 Å². The van der Waals surface area contributed by atoms with Crippen LogP contribution in [0.5, 0.6) is 0 Å². The van der Waals surface area contributed by atoms with Crippen molar-refractivity contribution >= 4 is 17.7 Å². The highest BCUT2D eigenvalue weighted by Gasteiger charge is 2.39. The molecule has 2 aromatic carbocycles. The third kappa shape index (κ3) is 7.64. The number of nitrogens with two attached hydrogens (primary N) is 1. The van der Waals surface area contributed by atoms with Crippen LogP contribution in [0.2, 0.25) is 0 Å². The van der Waals surface area contributed by atoms with Gasteiger partial charge in [0.1, 0.15) is 6.04 Å². The Kier molecular flexibility index (Phi) is 9.53. The summed E-state index contributed by atoms with van der Waals surface area (Å²) in [4.78, 5) is 41.0. The summed E-state index contributed by atoms with van der Waals surface area (Å²) in [6, 6.07) is 11.7. The largest absolute Gasteiger partial charge is 0.416 e. The van der Waals surface area contributed by atoms with Gasteiger partial charge in [-0.05, 0) is 72.9 Å². The molecule has 1 heterocycles. The van der Waals surface area contributed by atoms with Gasteiger partial charge in [-0.2, -0.15) is 13.2 Å². The van der Waals surface area contributed by atoms with Crippen molar-refractivity contribution in [2.45, 2.75) is 77.1 Å². The molecule has 1 saturated heterocycles. The minimum Gasteiger partial charge on any atom is -0.369 e. The summed E-state index contributed by atoms with van der Waals surface area (Å²) < 4.78 is 38.9. The van der Waals surface area contributed by atoms with Crippen LogP contribution >= 0.6 is 0 Å². The quantitative estimate of drug-likeness (QED) is 0.372. The maximum absolute atomic E-state index is 13.6. The molecule has 4 rings (SSSR count). The van der Waals surface area contributed by atoms with Crippen molar-refractivity contribution in [2.24, 2.45) is 23.5 Å². The van der Waals surface area contributed by atoms with Crippen molar-refractivity contribution in [3.63, 3.8) is 0 Å². The van der Waals surface area contributed by atoms with E-state index < -0.39 is 35.5 Å². The summed E-state index contributed by atoms with van der Waals surface area (Å²) in [6.45, 7) is 2.83. The van der Waals surface area contributed by atoms with Crippen LogP contribution in [0.3, 0.4) is 0 Å². The van der Waals surface area contributed by atoms with Crippen LogP contribution in [0.1, 0.15) is 69.4 Å². The number of benzene rings is 2. The number of hydrogen-bond donors (Lipinski definition) is 2. The number of carbonyl (C=O) groups excluding carboxylic acids is 3. The Morgan fingerprint density at radius 1 is 1.02 bits per heavy atom. The Hall–Kier alpha value is -3.36. The molecule has 3 atom stereocenters. The first-order chi connectivity index (χ1) is 19.1. The van der Waals surface area contributed by atoms with E-state index in [1.807, 2.05) is 31.2 Å². The molecule has 0 bridgehead atoms. The third-order valence-electron chi connectivity index (χ3n) is 8.01. The second kappa shape index (κ2) is 12.9. The lowest BCUT2D eigenvalue weighted by Gasteiger charge is -2.28. The number of rotatable bonds is 11. The fraction of sp³-hybridized carbons (Fsp3) is 0.516. The first kappa shape index (κ1) is 29.6. The zero-order valence-electron chi connectivity index (χ0n) is 22.9. The predicted molar refractivity (Wildman–Crippen MR) is 147 cm³/mol. The highest BCUT2D eigenvalue weighted by molar-refractivity contribution is 5.91. The average Bonchev–Trinajstić information content (AvgIpc) is 3.76. The van der Waals surface area contributed by atoms with E-state index in [1.54, 1.807) is 4.90 Å². The van der Waals surface area contributed by atoms with Crippen molar-refractivity contribution in [1.29, 1.82) is 0 Å². The van der Waals surface area contributed by atoms with E-state index in [-0.39, 0.29) is 11.8 Å². The molecule has 6 nitrogen and oxygen atoms in total. The van der Waals surface area contributed by atoms with Crippen LogP contribution in [0.4, 0.5) is 13.2 Å². The van der Waals surface area contributed by atoms with Crippen LogP contribution in [0.15, 0.2) is 48.5 Å². The van der Waals surface area contributed by atoms with Gasteiger partial charge in [-0.15, -0.1) is 0 Å². The highest BCUT2D eigenvalue weighted by atomic mass is 19.4. The second-order valence-corrected chi connectivity index (χ2v) is 11.2. The molecular weight excluding hydrogens is 519 g/mol. The number of primary amides is 1. The monoisotopic (exact) mass is 557 g/mol. The van der Waals surface area contributed by atoms with E-state index in [2.05, 4.69) is 5.32 Å². The lowest BCUT2D eigenvalue weighted by molar-refractivity contribution is -0.139. The van der Waals surface area contributed by atoms with Crippen LogP contribution in [-0.4, -0.2) is 35.2 Å². The third-order valence-corrected chi connectivity index (χ3v) is 8.01. The highest BCUT2D eigenvalue weighted by Crippen LogP contribution is 2.38.